The predicted octanol–water partition coefficient (Wildman–Crippen LogP) is 4.44. The molecule has 0 saturated carbocycles. The number of rotatable bonds is 1. The van der Waals surface area contributed by atoms with Crippen LogP contribution in [0.2, 0.25) is 10.0 Å². The zero-order valence-corrected chi connectivity index (χ0v) is 10.3. The van der Waals surface area contributed by atoms with Crippen LogP contribution in [-0.2, 0) is 0 Å². The van der Waals surface area contributed by atoms with Gasteiger partial charge in [-0.25, -0.2) is 0 Å². The van der Waals surface area contributed by atoms with Crippen LogP contribution in [0.1, 0.15) is 36.5 Å². The second-order valence-electron chi connectivity index (χ2n) is 3.79. The van der Waals surface area contributed by atoms with Gasteiger partial charge in [0.15, 0.2) is 0 Å². The van der Waals surface area contributed by atoms with Gasteiger partial charge >= 0.3 is 0 Å². The lowest BCUT2D eigenvalue weighted by Crippen LogP contribution is -1.96. The number of hydrogen-bond donors (Lipinski definition) is 1. The van der Waals surface area contributed by atoms with Gasteiger partial charge < -0.3 is 5.11 Å². The molecule has 0 radical (unpaired) electrons. The second-order valence-corrected chi connectivity index (χ2v) is 4.55. The number of halogens is 2. The monoisotopic (exact) mass is 232 g/mol. The highest BCUT2D eigenvalue weighted by atomic mass is 35.5. The lowest BCUT2D eigenvalue weighted by atomic mass is 9.96. The van der Waals surface area contributed by atoms with E-state index in [4.69, 9.17) is 23.2 Å². The predicted molar refractivity (Wildman–Crippen MR) is 61.7 cm³/mol. The molecule has 0 amide bonds. The zero-order valence-electron chi connectivity index (χ0n) is 8.78. The van der Waals surface area contributed by atoms with Gasteiger partial charge in [-0.3, -0.25) is 0 Å². The Balaban J connectivity index is 3.60. The van der Waals surface area contributed by atoms with E-state index in [0.717, 1.165) is 16.7 Å². The van der Waals surface area contributed by atoms with Crippen LogP contribution < -0.4 is 0 Å². The van der Waals surface area contributed by atoms with Crippen LogP contribution in [0.25, 0.3) is 0 Å². The van der Waals surface area contributed by atoms with Gasteiger partial charge in [0.1, 0.15) is 5.75 Å². The largest absolute Gasteiger partial charge is 0.507 e. The van der Waals surface area contributed by atoms with Gasteiger partial charge in [0.05, 0.1) is 10.0 Å². The molecule has 0 aliphatic heterocycles. The Bertz CT molecular complexity index is 341. The first-order valence-corrected chi connectivity index (χ1v) is 5.30. The molecule has 0 unspecified atom stereocenters. The molecular formula is C11H14Cl2O. The maximum absolute atomic E-state index is 9.91. The minimum absolute atomic E-state index is 0.166. The number of phenols is 1. The molecule has 1 aromatic carbocycles. The summed E-state index contributed by atoms with van der Waals surface area (Å²) in [5.74, 6) is 0.436. The molecule has 3 heteroatoms. The number of phenolic OH excluding ortho intramolecular Hbond substituents is 1. The van der Waals surface area contributed by atoms with Crippen molar-refractivity contribution in [2.45, 2.75) is 33.6 Å². The van der Waals surface area contributed by atoms with Crippen molar-refractivity contribution in [3.8, 4) is 5.75 Å². The molecule has 1 nitrogen and oxygen atoms in total. The van der Waals surface area contributed by atoms with Gasteiger partial charge in [0, 0.05) is 5.56 Å². The Morgan fingerprint density at radius 3 is 1.93 bits per heavy atom. The van der Waals surface area contributed by atoms with E-state index in [-0.39, 0.29) is 11.7 Å². The van der Waals surface area contributed by atoms with Crippen LogP contribution in [0.4, 0.5) is 0 Å². The molecule has 1 N–H and O–H groups in total. The highest BCUT2D eigenvalue weighted by Gasteiger charge is 2.18. The lowest BCUT2D eigenvalue weighted by molar-refractivity contribution is 0.460. The van der Waals surface area contributed by atoms with Crippen molar-refractivity contribution in [1.29, 1.82) is 0 Å². The summed E-state index contributed by atoms with van der Waals surface area (Å²) >= 11 is 12.1. The Labute approximate surface area is 94.7 Å². The van der Waals surface area contributed by atoms with Crippen LogP contribution >= 0.6 is 23.2 Å². The summed E-state index contributed by atoms with van der Waals surface area (Å²) in [6, 6.07) is 0. The quantitative estimate of drug-likeness (QED) is 0.760. The molecule has 0 spiro atoms. The van der Waals surface area contributed by atoms with E-state index in [1.165, 1.54) is 0 Å². The first-order chi connectivity index (χ1) is 6.37. The maximum Gasteiger partial charge on any atom is 0.123 e. The van der Waals surface area contributed by atoms with Gasteiger partial charge in [0.2, 0.25) is 0 Å². The highest BCUT2D eigenvalue weighted by molar-refractivity contribution is 6.43. The molecule has 1 rings (SSSR count). The summed E-state index contributed by atoms with van der Waals surface area (Å²) in [5, 5.41) is 10.9. The summed E-state index contributed by atoms with van der Waals surface area (Å²) in [7, 11) is 0. The van der Waals surface area contributed by atoms with E-state index >= 15 is 0 Å². The lowest BCUT2D eigenvalue weighted by Gasteiger charge is -2.16. The Morgan fingerprint density at radius 2 is 1.50 bits per heavy atom. The van der Waals surface area contributed by atoms with Crippen molar-refractivity contribution in [3.05, 3.63) is 26.7 Å². The summed E-state index contributed by atoms with van der Waals surface area (Å²) in [4.78, 5) is 0. The Kier molecular flexibility index (Phi) is 3.33. The van der Waals surface area contributed by atoms with E-state index in [1.54, 1.807) is 0 Å². The summed E-state index contributed by atoms with van der Waals surface area (Å²) < 4.78 is 0. The summed E-state index contributed by atoms with van der Waals surface area (Å²) in [5.41, 5.74) is 2.39. The molecule has 1 aromatic rings. The molecule has 0 aromatic heterocycles. The maximum atomic E-state index is 9.91. The van der Waals surface area contributed by atoms with Crippen molar-refractivity contribution in [3.63, 3.8) is 0 Å². The third-order valence-corrected chi connectivity index (χ3v) is 3.47. The standard InChI is InChI=1S/C11H14Cl2O/c1-5(2)8-10(13)9(12)6(3)7(4)11(8)14/h5,14H,1-4H3. The van der Waals surface area contributed by atoms with Crippen molar-refractivity contribution >= 4 is 23.2 Å². The van der Waals surface area contributed by atoms with Gasteiger partial charge in [-0.1, -0.05) is 37.0 Å². The first kappa shape index (κ1) is 11.7. The average Bonchev–Trinajstić information content (AvgIpc) is 2.11. The number of aromatic hydroxyl groups is 1. The minimum Gasteiger partial charge on any atom is -0.507 e. The van der Waals surface area contributed by atoms with Crippen LogP contribution in [0.5, 0.6) is 5.75 Å². The number of hydrogen-bond acceptors (Lipinski definition) is 1. The molecule has 0 aliphatic carbocycles. The van der Waals surface area contributed by atoms with E-state index < -0.39 is 0 Å². The van der Waals surface area contributed by atoms with Crippen molar-refractivity contribution in [2.75, 3.05) is 0 Å². The van der Waals surface area contributed by atoms with Crippen LogP contribution in [0, 0.1) is 13.8 Å². The van der Waals surface area contributed by atoms with Crippen molar-refractivity contribution < 1.29 is 5.11 Å². The molecule has 78 valence electrons. The van der Waals surface area contributed by atoms with Gasteiger partial charge in [0.25, 0.3) is 0 Å². The molecular weight excluding hydrogens is 219 g/mol. The van der Waals surface area contributed by atoms with E-state index in [9.17, 15) is 5.11 Å². The topological polar surface area (TPSA) is 20.2 Å². The second kappa shape index (κ2) is 4.00. The first-order valence-electron chi connectivity index (χ1n) is 4.54. The summed E-state index contributed by atoms with van der Waals surface area (Å²) in [6.07, 6.45) is 0. The van der Waals surface area contributed by atoms with Crippen LogP contribution in [0.3, 0.4) is 0 Å². The average molecular weight is 233 g/mol. The highest BCUT2D eigenvalue weighted by Crippen LogP contribution is 2.42. The fourth-order valence-electron chi connectivity index (χ4n) is 1.46. The SMILES string of the molecule is Cc1c(C)c(Cl)c(Cl)c(C(C)C)c1O. The van der Waals surface area contributed by atoms with Gasteiger partial charge in [-0.05, 0) is 30.9 Å². The molecule has 0 atom stereocenters. The molecule has 0 heterocycles. The third kappa shape index (κ3) is 1.71. The van der Waals surface area contributed by atoms with Gasteiger partial charge in [-0.2, -0.15) is 0 Å². The van der Waals surface area contributed by atoms with Crippen molar-refractivity contribution in [2.24, 2.45) is 0 Å². The molecule has 0 aliphatic rings. The Morgan fingerprint density at radius 1 is 1.00 bits per heavy atom. The van der Waals surface area contributed by atoms with E-state index in [2.05, 4.69) is 0 Å². The van der Waals surface area contributed by atoms with Crippen LogP contribution in [0.15, 0.2) is 0 Å². The smallest absolute Gasteiger partial charge is 0.123 e. The van der Waals surface area contributed by atoms with E-state index in [1.807, 2.05) is 27.7 Å². The third-order valence-electron chi connectivity index (χ3n) is 2.51. The molecule has 0 bridgehead atoms. The minimum atomic E-state index is 0.166. The van der Waals surface area contributed by atoms with E-state index in [0.29, 0.717) is 10.0 Å². The van der Waals surface area contributed by atoms with Gasteiger partial charge in [-0.15, -0.1) is 0 Å². The van der Waals surface area contributed by atoms with Crippen molar-refractivity contribution in [1.82, 2.24) is 0 Å². The summed E-state index contributed by atoms with van der Waals surface area (Å²) in [6.45, 7) is 7.66. The Hall–Kier alpha value is -0.400. The molecule has 0 saturated heterocycles. The normalized spacial score (nSPS) is 11.1. The fourth-order valence-corrected chi connectivity index (χ4v) is 2.15. The van der Waals surface area contributed by atoms with Crippen LogP contribution in [-0.4, -0.2) is 5.11 Å². The molecule has 14 heavy (non-hydrogen) atoms. The zero-order chi connectivity index (χ0) is 11.0. The molecule has 0 fully saturated rings. The number of benzene rings is 1. The fraction of sp³-hybridized carbons (Fsp3) is 0.455.